The zero-order chi connectivity index (χ0) is 14.7. The Balaban J connectivity index is 2.11. The summed E-state index contributed by atoms with van der Waals surface area (Å²) in [5.74, 6) is -0.149. The predicted molar refractivity (Wildman–Crippen MR) is 90.6 cm³/mol. The molecule has 3 N–H and O–H groups in total. The second kappa shape index (κ2) is 6.31. The first kappa shape index (κ1) is 14.9. The minimum Gasteiger partial charge on any atom is -0.389 e. The summed E-state index contributed by atoms with van der Waals surface area (Å²) in [4.78, 5) is 12.5. The minimum atomic E-state index is -0.396. The number of thiocarbonyl (C=S) groups is 1. The molecule has 0 fully saturated rings. The number of aromatic nitrogens is 2. The van der Waals surface area contributed by atoms with Gasteiger partial charge in [0.05, 0.1) is 9.77 Å². The van der Waals surface area contributed by atoms with Gasteiger partial charge in [-0.15, -0.1) is 0 Å². The molecule has 2 rings (SSSR count). The Kier molecular flexibility index (Phi) is 4.71. The summed E-state index contributed by atoms with van der Waals surface area (Å²) in [6.07, 6.45) is 3.52. The third kappa shape index (κ3) is 3.54. The van der Waals surface area contributed by atoms with E-state index in [2.05, 4.69) is 33.0 Å². The summed E-state index contributed by atoms with van der Waals surface area (Å²) >= 11 is 7.07. The molecule has 1 aromatic carbocycles. The molecule has 104 valence electrons. The quantitative estimate of drug-likeness (QED) is 0.611. The number of hydrogen-bond acceptors (Lipinski definition) is 3. The van der Waals surface area contributed by atoms with Gasteiger partial charge in [-0.1, -0.05) is 24.4 Å². The van der Waals surface area contributed by atoms with Crippen LogP contribution < -0.4 is 11.1 Å². The molecule has 0 saturated heterocycles. The van der Waals surface area contributed by atoms with Crippen LogP contribution in [0.2, 0.25) is 0 Å². The van der Waals surface area contributed by atoms with Crippen LogP contribution in [-0.4, -0.2) is 20.7 Å². The molecule has 20 heavy (non-hydrogen) atoms. The SMILES string of the molecule is CC(C(=O)Nc1cccc(C(N)=S)c1)n1cc(I)cn1. The smallest absolute Gasteiger partial charge is 0.248 e. The van der Waals surface area contributed by atoms with Crippen LogP contribution in [0.25, 0.3) is 0 Å². The van der Waals surface area contributed by atoms with Crippen molar-refractivity contribution < 1.29 is 4.79 Å². The second-order valence-electron chi connectivity index (χ2n) is 4.25. The molecule has 0 aliphatic carbocycles. The first-order chi connectivity index (χ1) is 9.47. The van der Waals surface area contributed by atoms with Crippen LogP contribution in [-0.2, 0) is 4.79 Å². The highest BCUT2D eigenvalue weighted by atomic mass is 127. The molecular formula is C13H13IN4OS. The number of nitrogens with one attached hydrogen (secondary N) is 1. The van der Waals surface area contributed by atoms with Crippen LogP contribution >= 0.6 is 34.8 Å². The van der Waals surface area contributed by atoms with Gasteiger partial charge in [-0.2, -0.15) is 5.10 Å². The molecule has 0 aliphatic heterocycles. The topological polar surface area (TPSA) is 72.9 Å². The average Bonchev–Trinajstić information content (AvgIpc) is 2.84. The molecule has 0 saturated carbocycles. The summed E-state index contributed by atoms with van der Waals surface area (Å²) in [5.41, 5.74) is 6.95. The summed E-state index contributed by atoms with van der Waals surface area (Å²) in [6.45, 7) is 1.79. The van der Waals surface area contributed by atoms with Gasteiger partial charge in [-0.3, -0.25) is 9.48 Å². The van der Waals surface area contributed by atoms with Crippen molar-refractivity contribution in [3.8, 4) is 0 Å². The molecule has 5 nitrogen and oxygen atoms in total. The summed E-state index contributed by atoms with van der Waals surface area (Å²) in [6, 6.07) is 6.74. The van der Waals surface area contributed by atoms with Crippen LogP contribution in [0.15, 0.2) is 36.7 Å². The van der Waals surface area contributed by atoms with Gasteiger partial charge in [0.1, 0.15) is 11.0 Å². The van der Waals surface area contributed by atoms with Crippen molar-refractivity contribution in [2.75, 3.05) is 5.32 Å². The first-order valence-electron chi connectivity index (χ1n) is 5.88. The van der Waals surface area contributed by atoms with Gasteiger partial charge >= 0.3 is 0 Å². The van der Waals surface area contributed by atoms with Crippen LogP contribution in [0.3, 0.4) is 0 Å². The van der Waals surface area contributed by atoms with E-state index in [0.717, 1.165) is 9.13 Å². The predicted octanol–water partition coefficient (Wildman–Crippen LogP) is 2.32. The van der Waals surface area contributed by atoms with Crippen molar-refractivity contribution >= 4 is 51.4 Å². The van der Waals surface area contributed by atoms with Crippen molar-refractivity contribution in [1.82, 2.24) is 9.78 Å². The maximum absolute atomic E-state index is 12.2. The molecule has 0 bridgehead atoms. The van der Waals surface area contributed by atoms with Gasteiger partial charge in [0, 0.05) is 17.4 Å². The number of halogens is 1. The molecule has 1 heterocycles. The highest BCUT2D eigenvalue weighted by Gasteiger charge is 2.16. The molecule has 1 aromatic heterocycles. The van der Waals surface area contributed by atoms with Crippen molar-refractivity contribution in [1.29, 1.82) is 0 Å². The Labute approximate surface area is 135 Å². The minimum absolute atomic E-state index is 0.149. The summed E-state index contributed by atoms with van der Waals surface area (Å²) in [7, 11) is 0. The maximum atomic E-state index is 12.2. The van der Waals surface area contributed by atoms with E-state index in [1.807, 2.05) is 6.20 Å². The number of nitrogens with zero attached hydrogens (tertiary/aromatic N) is 2. The Bertz CT molecular complexity index is 655. The van der Waals surface area contributed by atoms with Crippen molar-refractivity contribution in [3.63, 3.8) is 0 Å². The fraction of sp³-hybridized carbons (Fsp3) is 0.154. The van der Waals surface area contributed by atoms with Crippen molar-refractivity contribution in [3.05, 3.63) is 45.8 Å². The number of amides is 1. The van der Waals surface area contributed by atoms with Gasteiger partial charge in [0.15, 0.2) is 0 Å². The number of nitrogens with two attached hydrogens (primary N) is 1. The molecule has 1 atom stereocenters. The molecular weight excluding hydrogens is 387 g/mol. The fourth-order valence-electron chi connectivity index (χ4n) is 1.64. The Morgan fingerprint density at radius 2 is 2.30 bits per heavy atom. The number of hydrogen-bond donors (Lipinski definition) is 2. The summed E-state index contributed by atoms with van der Waals surface area (Å²) < 4.78 is 2.60. The molecule has 0 spiro atoms. The van der Waals surface area contributed by atoms with Crippen LogP contribution in [0.5, 0.6) is 0 Å². The van der Waals surface area contributed by atoms with Crippen LogP contribution in [0.4, 0.5) is 5.69 Å². The fourth-order valence-corrected chi connectivity index (χ4v) is 2.18. The van der Waals surface area contributed by atoms with Gasteiger partial charge in [0.2, 0.25) is 5.91 Å². The summed E-state index contributed by atoms with van der Waals surface area (Å²) in [5, 5.41) is 6.96. The standard InChI is InChI=1S/C13H13IN4OS/c1-8(18-7-10(14)6-16-18)13(19)17-11-4-2-3-9(5-11)12(15)20/h2-8H,1H3,(H2,15,20)(H,17,19). The molecule has 1 unspecified atom stereocenters. The van der Waals surface area contributed by atoms with Gasteiger partial charge in [0.25, 0.3) is 0 Å². The van der Waals surface area contributed by atoms with Gasteiger partial charge < -0.3 is 11.1 Å². The van der Waals surface area contributed by atoms with Gasteiger partial charge in [-0.05, 0) is 41.6 Å². The van der Waals surface area contributed by atoms with E-state index in [4.69, 9.17) is 18.0 Å². The normalized spacial score (nSPS) is 11.9. The average molecular weight is 400 g/mol. The van der Waals surface area contributed by atoms with Crippen LogP contribution in [0.1, 0.15) is 18.5 Å². The number of carbonyl (C=O) groups excluding carboxylic acids is 1. The van der Waals surface area contributed by atoms with Crippen molar-refractivity contribution in [2.24, 2.45) is 5.73 Å². The van der Waals surface area contributed by atoms with E-state index >= 15 is 0 Å². The van der Waals surface area contributed by atoms with E-state index in [1.54, 1.807) is 42.1 Å². The number of carbonyl (C=O) groups is 1. The maximum Gasteiger partial charge on any atom is 0.248 e. The van der Waals surface area contributed by atoms with Crippen LogP contribution in [0, 0.1) is 3.57 Å². The number of benzene rings is 1. The highest BCUT2D eigenvalue weighted by Crippen LogP contribution is 2.14. The molecule has 1 amide bonds. The largest absolute Gasteiger partial charge is 0.389 e. The van der Waals surface area contributed by atoms with E-state index in [9.17, 15) is 4.79 Å². The lowest BCUT2D eigenvalue weighted by atomic mass is 10.2. The zero-order valence-electron chi connectivity index (χ0n) is 10.7. The Hall–Kier alpha value is -1.48. The van der Waals surface area contributed by atoms with E-state index < -0.39 is 6.04 Å². The van der Waals surface area contributed by atoms with Crippen molar-refractivity contribution in [2.45, 2.75) is 13.0 Å². The third-order valence-corrected chi connectivity index (χ3v) is 3.55. The molecule has 2 aromatic rings. The third-order valence-electron chi connectivity index (χ3n) is 2.76. The highest BCUT2D eigenvalue weighted by molar-refractivity contribution is 14.1. The number of rotatable bonds is 4. The molecule has 0 aliphatic rings. The van der Waals surface area contributed by atoms with E-state index in [-0.39, 0.29) is 5.91 Å². The first-order valence-corrected chi connectivity index (χ1v) is 7.36. The van der Waals surface area contributed by atoms with Gasteiger partial charge in [-0.25, -0.2) is 0 Å². The zero-order valence-corrected chi connectivity index (χ0v) is 13.7. The lowest BCUT2D eigenvalue weighted by molar-refractivity contribution is -0.119. The lowest BCUT2D eigenvalue weighted by Crippen LogP contribution is -2.24. The monoisotopic (exact) mass is 400 g/mol. The Morgan fingerprint density at radius 1 is 1.55 bits per heavy atom. The lowest BCUT2D eigenvalue weighted by Gasteiger charge is -2.13. The number of anilines is 1. The molecule has 0 radical (unpaired) electrons. The second-order valence-corrected chi connectivity index (χ2v) is 5.93. The molecule has 7 heteroatoms. The van der Waals surface area contributed by atoms with E-state index in [1.165, 1.54) is 0 Å². The van der Waals surface area contributed by atoms with E-state index in [0.29, 0.717) is 10.7 Å². The Morgan fingerprint density at radius 3 is 2.90 bits per heavy atom.